The van der Waals surface area contributed by atoms with Crippen LogP contribution in [0, 0.1) is 0 Å². The number of hydrogen-bond acceptors (Lipinski definition) is 6. The monoisotopic (exact) mass is 276 g/mol. The highest BCUT2D eigenvalue weighted by atomic mass is 16.3. The number of ketones is 1. The summed E-state index contributed by atoms with van der Waals surface area (Å²) < 4.78 is 0. The van der Waals surface area contributed by atoms with Crippen molar-refractivity contribution < 1.29 is 9.90 Å². The maximum absolute atomic E-state index is 11.2. The zero-order valence-electron chi connectivity index (χ0n) is 12.3. The topological polar surface area (TPSA) is 78.2 Å². The summed E-state index contributed by atoms with van der Waals surface area (Å²) in [6.07, 6.45) is 1.71. The Bertz CT molecular complexity index is 512. The Kier molecular flexibility index (Phi) is 5.83. The molecule has 20 heavy (non-hydrogen) atoms. The van der Waals surface area contributed by atoms with Crippen molar-refractivity contribution in [2.45, 2.75) is 27.7 Å². The van der Waals surface area contributed by atoms with Crippen LogP contribution in [-0.4, -0.2) is 29.0 Å². The minimum absolute atomic E-state index is 0.0559. The number of aliphatic hydroxyl groups excluding tert-OH is 1. The average molecular weight is 276 g/mol. The first-order chi connectivity index (χ1) is 9.49. The Morgan fingerprint density at radius 1 is 1.30 bits per heavy atom. The van der Waals surface area contributed by atoms with Crippen LogP contribution in [0.3, 0.4) is 0 Å². The third-order valence-corrected chi connectivity index (χ3v) is 2.79. The Morgan fingerprint density at radius 3 is 2.35 bits per heavy atom. The predicted octanol–water partition coefficient (Wildman–Crippen LogP) is 3.39. The Hall–Kier alpha value is -2.24. The van der Waals surface area contributed by atoms with Gasteiger partial charge in [0.25, 0.3) is 0 Å². The second-order valence-corrected chi connectivity index (χ2v) is 4.24. The summed E-state index contributed by atoms with van der Waals surface area (Å²) in [6.45, 7) is 8.67. The molecule has 0 fully saturated rings. The van der Waals surface area contributed by atoms with E-state index < -0.39 is 0 Å². The Morgan fingerprint density at radius 2 is 1.95 bits per heavy atom. The fraction of sp³-hybridized carbons (Fsp3) is 0.429. The highest BCUT2D eigenvalue weighted by Gasteiger charge is 2.07. The van der Waals surface area contributed by atoms with Gasteiger partial charge in [0.2, 0.25) is 0 Å². The lowest BCUT2D eigenvalue weighted by molar-refractivity contribution is -0.113. The number of allylic oxidation sites excluding steroid dienone is 2. The third-order valence-electron chi connectivity index (χ3n) is 2.79. The Balaban J connectivity index is 2.90. The van der Waals surface area contributed by atoms with Crippen molar-refractivity contribution in [3.8, 4) is 0 Å². The average Bonchev–Trinajstić information content (AvgIpc) is 2.41. The van der Waals surface area contributed by atoms with Crippen molar-refractivity contribution in [1.29, 1.82) is 0 Å². The number of nitrogens with zero attached hydrogens (tertiary/aromatic N) is 4. The van der Waals surface area contributed by atoms with Crippen LogP contribution >= 0.6 is 0 Å². The number of rotatable bonds is 6. The van der Waals surface area contributed by atoms with E-state index in [4.69, 9.17) is 0 Å². The lowest BCUT2D eigenvalue weighted by Gasteiger charge is -2.20. The van der Waals surface area contributed by atoms with Gasteiger partial charge in [-0.2, -0.15) is 0 Å². The minimum atomic E-state index is -0.339. The van der Waals surface area contributed by atoms with Gasteiger partial charge in [-0.25, -0.2) is 4.98 Å². The molecule has 1 aromatic rings. The van der Waals surface area contributed by atoms with Gasteiger partial charge in [0.05, 0.1) is 11.9 Å². The van der Waals surface area contributed by atoms with Crippen molar-refractivity contribution in [2.75, 3.05) is 18.0 Å². The van der Waals surface area contributed by atoms with Gasteiger partial charge in [-0.3, -0.25) is 4.79 Å². The van der Waals surface area contributed by atoms with Gasteiger partial charge in [0.15, 0.2) is 17.3 Å². The van der Waals surface area contributed by atoms with Crippen LogP contribution in [-0.2, 0) is 4.79 Å². The molecular weight excluding hydrogens is 256 g/mol. The number of carbonyl (C=O) groups is 1. The maximum atomic E-state index is 11.2. The molecule has 1 aromatic heterocycles. The zero-order valence-corrected chi connectivity index (χ0v) is 12.3. The number of hydrogen-bond donors (Lipinski definition) is 1. The van der Waals surface area contributed by atoms with Crippen LogP contribution in [0.4, 0.5) is 11.5 Å². The molecule has 0 saturated heterocycles. The molecule has 108 valence electrons. The summed E-state index contributed by atoms with van der Waals surface area (Å²) in [5.74, 6) is -0.101. The largest absolute Gasteiger partial charge is 0.510 e. The first-order valence-electron chi connectivity index (χ1n) is 6.53. The molecule has 6 heteroatoms. The molecular formula is C14H20N4O2. The molecule has 0 saturated carbocycles. The summed E-state index contributed by atoms with van der Waals surface area (Å²) in [5, 5.41) is 16.9. The van der Waals surface area contributed by atoms with E-state index >= 15 is 0 Å². The lowest BCUT2D eigenvalue weighted by atomic mass is 10.3. The highest BCUT2D eigenvalue weighted by Crippen LogP contribution is 2.18. The van der Waals surface area contributed by atoms with Crippen molar-refractivity contribution in [1.82, 2.24) is 4.98 Å². The molecule has 0 aliphatic carbocycles. The molecule has 6 nitrogen and oxygen atoms in total. The van der Waals surface area contributed by atoms with Crippen LogP contribution in [0.2, 0.25) is 0 Å². The molecule has 1 heterocycles. The van der Waals surface area contributed by atoms with Crippen LogP contribution < -0.4 is 4.90 Å². The molecule has 0 atom stereocenters. The number of carbonyl (C=O) groups excluding carboxylic acids is 1. The summed E-state index contributed by atoms with van der Waals surface area (Å²) in [7, 11) is 0. The second kappa shape index (κ2) is 7.37. The lowest BCUT2D eigenvalue weighted by Crippen LogP contribution is -2.21. The van der Waals surface area contributed by atoms with Crippen LogP contribution in [0.1, 0.15) is 27.7 Å². The number of pyridine rings is 1. The van der Waals surface area contributed by atoms with E-state index in [1.54, 1.807) is 12.3 Å². The first kappa shape index (κ1) is 15.8. The molecule has 0 radical (unpaired) electrons. The van der Waals surface area contributed by atoms with E-state index in [2.05, 4.69) is 34.0 Å². The van der Waals surface area contributed by atoms with E-state index in [0.29, 0.717) is 5.82 Å². The smallest absolute Gasteiger partial charge is 0.183 e. The molecule has 0 bridgehead atoms. The van der Waals surface area contributed by atoms with Crippen LogP contribution in [0.25, 0.3) is 0 Å². The van der Waals surface area contributed by atoms with Gasteiger partial charge in [0.1, 0.15) is 5.76 Å². The van der Waals surface area contributed by atoms with Crippen molar-refractivity contribution in [3.63, 3.8) is 0 Å². The van der Waals surface area contributed by atoms with Gasteiger partial charge < -0.3 is 10.0 Å². The molecule has 0 aliphatic heterocycles. The van der Waals surface area contributed by atoms with Crippen molar-refractivity contribution >= 4 is 17.3 Å². The molecule has 0 amide bonds. The number of aliphatic hydroxyl groups is 1. The minimum Gasteiger partial charge on any atom is -0.510 e. The van der Waals surface area contributed by atoms with E-state index in [9.17, 15) is 9.90 Å². The fourth-order valence-electron chi connectivity index (χ4n) is 1.71. The van der Waals surface area contributed by atoms with Gasteiger partial charge in [-0.15, -0.1) is 10.2 Å². The van der Waals surface area contributed by atoms with Gasteiger partial charge in [-0.05, 0) is 32.9 Å². The number of aromatic nitrogens is 1. The summed E-state index contributed by atoms with van der Waals surface area (Å²) in [5.41, 5.74) is 0.953. The Labute approximate surface area is 118 Å². The normalized spacial score (nSPS) is 12.4. The fourth-order valence-corrected chi connectivity index (χ4v) is 1.71. The SMILES string of the molecule is CCN(CC)c1ccc(N=NC(C(C)=O)=C(C)O)nc1. The molecule has 0 aromatic carbocycles. The van der Waals surface area contributed by atoms with Crippen LogP contribution in [0.5, 0.6) is 0 Å². The van der Waals surface area contributed by atoms with Crippen molar-refractivity contribution in [3.05, 3.63) is 29.8 Å². The van der Waals surface area contributed by atoms with Gasteiger partial charge in [-0.1, -0.05) is 0 Å². The highest BCUT2D eigenvalue weighted by molar-refractivity contribution is 5.93. The molecule has 0 aliphatic rings. The van der Waals surface area contributed by atoms with Crippen LogP contribution in [0.15, 0.2) is 40.0 Å². The quantitative estimate of drug-likeness (QED) is 0.490. The third kappa shape index (κ3) is 4.15. The molecule has 1 N–H and O–H groups in total. The standard InChI is InChI=1S/C14H20N4O2/c1-5-18(6-2)12-7-8-13(15-9-12)16-17-14(10(3)19)11(4)20/h7-9,19H,5-6H2,1-4H3. The van der Waals surface area contributed by atoms with E-state index in [-0.39, 0.29) is 17.2 Å². The predicted molar refractivity (Wildman–Crippen MR) is 78.3 cm³/mol. The molecule has 0 spiro atoms. The summed E-state index contributed by atoms with van der Waals surface area (Å²) in [6, 6.07) is 3.62. The summed E-state index contributed by atoms with van der Waals surface area (Å²) >= 11 is 0. The van der Waals surface area contributed by atoms with E-state index in [0.717, 1.165) is 18.8 Å². The number of Topliss-reactive ketones (excluding diaryl/α,β-unsaturated/α-hetero) is 1. The van der Waals surface area contributed by atoms with Crippen molar-refractivity contribution in [2.24, 2.45) is 10.2 Å². The number of azo groups is 1. The van der Waals surface area contributed by atoms with Gasteiger partial charge >= 0.3 is 0 Å². The van der Waals surface area contributed by atoms with Gasteiger partial charge in [0, 0.05) is 20.0 Å². The number of anilines is 1. The zero-order chi connectivity index (χ0) is 15.1. The van der Waals surface area contributed by atoms with E-state index in [1.807, 2.05) is 6.07 Å². The summed E-state index contributed by atoms with van der Waals surface area (Å²) in [4.78, 5) is 17.6. The van der Waals surface area contributed by atoms with E-state index in [1.165, 1.54) is 13.8 Å². The maximum Gasteiger partial charge on any atom is 0.183 e. The second-order valence-electron chi connectivity index (χ2n) is 4.24. The molecule has 1 rings (SSSR count). The first-order valence-corrected chi connectivity index (χ1v) is 6.53. The molecule has 0 unspecified atom stereocenters.